The molecular formula is C19H21NO2. The Morgan fingerprint density at radius 2 is 1.59 bits per heavy atom. The topological polar surface area (TPSA) is 46.2 Å². The van der Waals surface area contributed by atoms with Gasteiger partial charge in [-0.05, 0) is 38.0 Å². The molecule has 0 fully saturated rings. The first-order valence-corrected chi connectivity index (χ1v) is 7.45. The molecule has 0 bridgehead atoms. The van der Waals surface area contributed by atoms with Gasteiger partial charge in [-0.3, -0.25) is 9.59 Å². The quantitative estimate of drug-likeness (QED) is 0.840. The first-order valence-electron chi connectivity index (χ1n) is 7.45. The summed E-state index contributed by atoms with van der Waals surface area (Å²) < 4.78 is 0. The van der Waals surface area contributed by atoms with E-state index in [0.717, 1.165) is 11.3 Å². The summed E-state index contributed by atoms with van der Waals surface area (Å²) in [5.74, 6) is -0.0183. The number of amides is 1. The van der Waals surface area contributed by atoms with Crippen molar-refractivity contribution in [1.82, 2.24) is 0 Å². The molecule has 1 atom stereocenters. The maximum atomic E-state index is 12.7. The standard InChI is InChI=1S/C19H21NO2/c1-4-19(3,16-12-10-15(11-13-16)14(2)21)18(22)20-17-8-6-5-7-9-17/h5-13H,4H2,1-3H3,(H,20,22). The maximum absolute atomic E-state index is 12.7. The molecule has 0 radical (unpaired) electrons. The lowest BCUT2D eigenvalue weighted by Gasteiger charge is -2.27. The third-order valence-electron chi connectivity index (χ3n) is 4.17. The third-order valence-corrected chi connectivity index (χ3v) is 4.17. The van der Waals surface area contributed by atoms with Gasteiger partial charge in [0.2, 0.25) is 5.91 Å². The van der Waals surface area contributed by atoms with E-state index < -0.39 is 5.41 Å². The Balaban J connectivity index is 2.27. The molecule has 0 heterocycles. The molecule has 1 amide bonds. The number of anilines is 1. The van der Waals surface area contributed by atoms with E-state index in [1.54, 1.807) is 12.1 Å². The molecule has 1 N–H and O–H groups in total. The number of carbonyl (C=O) groups excluding carboxylic acids is 2. The predicted octanol–water partition coefficient (Wildman–Crippen LogP) is 4.20. The number of rotatable bonds is 5. The SMILES string of the molecule is CCC(C)(C(=O)Nc1ccccc1)c1ccc(C(C)=O)cc1. The lowest BCUT2D eigenvalue weighted by Crippen LogP contribution is -2.37. The molecule has 2 rings (SSSR count). The zero-order valence-electron chi connectivity index (χ0n) is 13.2. The fraction of sp³-hybridized carbons (Fsp3) is 0.263. The van der Waals surface area contributed by atoms with Crippen LogP contribution >= 0.6 is 0 Å². The van der Waals surface area contributed by atoms with Gasteiger partial charge in [0.05, 0.1) is 5.41 Å². The van der Waals surface area contributed by atoms with Gasteiger partial charge < -0.3 is 5.32 Å². The number of nitrogens with one attached hydrogen (secondary N) is 1. The van der Waals surface area contributed by atoms with Crippen LogP contribution in [0.4, 0.5) is 5.69 Å². The van der Waals surface area contributed by atoms with Gasteiger partial charge >= 0.3 is 0 Å². The maximum Gasteiger partial charge on any atom is 0.234 e. The van der Waals surface area contributed by atoms with Gasteiger partial charge in [0.15, 0.2) is 5.78 Å². The van der Waals surface area contributed by atoms with Crippen molar-refractivity contribution < 1.29 is 9.59 Å². The Morgan fingerprint density at radius 1 is 1.00 bits per heavy atom. The van der Waals surface area contributed by atoms with E-state index in [9.17, 15) is 9.59 Å². The lowest BCUT2D eigenvalue weighted by atomic mass is 9.78. The molecule has 0 aromatic heterocycles. The average molecular weight is 295 g/mol. The van der Waals surface area contributed by atoms with Crippen LogP contribution in [-0.4, -0.2) is 11.7 Å². The van der Waals surface area contributed by atoms with E-state index in [-0.39, 0.29) is 11.7 Å². The minimum atomic E-state index is -0.634. The Bertz CT molecular complexity index is 662. The van der Waals surface area contributed by atoms with Crippen molar-refractivity contribution in [3.8, 4) is 0 Å². The molecule has 0 aliphatic heterocycles. The van der Waals surface area contributed by atoms with Crippen LogP contribution in [0.15, 0.2) is 54.6 Å². The fourth-order valence-corrected chi connectivity index (χ4v) is 2.36. The second kappa shape index (κ2) is 6.56. The number of Topliss-reactive ketones (excluding diaryl/α,β-unsaturated/α-hetero) is 1. The molecule has 114 valence electrons. The van der Waals surface area contributed by atoms with Crippen LogP contribution in [0.5, 0.6) is 0 Å². The number of hydrogen-bond donors (Lipinski definition) is 1. The number of para-hydroxylation sites is 1. The van der Waals surface area contributed by atoms with E-state index in [1.807, 2.05) is 56.3 Å². The van der Waals surface area contributed by atoms with Gasteiger partial charge in [-0.2, -0.15) is 0 Å². The molecule has 3 nitrogen and oxygen atoms in total. The monoisotopic (exact) mass is 295 g/mol. The van der Waals surface area contributed by atoms with Crippen LogP contribution in [0.2, 0.25) is 0 Å². The molecular weight excluding hydrogens is 274 g/mol. The van der Waals surface area contributed by atoms with Gasteiger partial charge in [0.1, 0.15) is 0 Å². The van der Waals surface area contributed by atoms with E-state index in [1.165, 1.54) is 6.92 Å². The molecule has 22 heavy (non-hydrogen) atoms. The van der Waals surface area contributed by atoms with Crippen molar-refractivity contribution >= 4 is 17.4 Å². The van der Waals surface area contributed by atoms with E-state index >= 15 is 0 Å². The van der Waals surface area contributed by atoms with Crippen molar-refractivity contribution in [2.75, 3.05) is 5.32 Å². The second-order valence-corrected chi connectivity index (χ2v) is 5.64. The molecule has 0 spiro atoms. The average Bonchev–Trinajstić information content (AvgIpc) is 2.55. The van der Waals surface area contributed by atoms with Gasteiger partial charge in [-0.25, -0.2) is 0 Å². The van der Waals surface area contributed by atoms with Crippen molar-refractivity contribution in [3.63, 3.8) is 0 Å². The van der Waals surface area contributed by atoms with Crippen LogP contribution < -0.4 is 5.32 Å². The zero-order chi connectivity index (χ0) is 16.2. The minimum Gasteiger partial charge on any atom is -0.325 e. The van der Waals surface area contributed by atoms with Crippen LogP contribution in [-0.2, 0) is 10.2 Å². The molecule has 2 aromatic carbocycles. The highest BCUT2D eigenvalue weighted by Gasteiger charge is 2.33. The molecule has 0 aliphatic carbocycles. The summed E-state index contributed by atoms with van der Waals surface area (Å²) in [7, 11) is 0. The molecule has 2 aromatic rings. The number of hydrogen-bond acceptors (Lipinski definition) is 2. The molecule has 0 saturated heterocycles. The van der Waals surface area contributed by atoms with Gasteiger partial charge in [0.25, 0.3) is 0 Å². The number of carbonyl (C=O) groups is 2. The summed E-state index contributed by atoms with van der Waals surface area (Å²) >= 11 is 0. The first-order chi connectivity index (χ1) is 10.5. The Morgan fingerprint density at radius 3 is 2.09 bits per heavy atom. The highest BCUT2D eigenvalue weighted by Crippen LogP contribution is 2.29. The molecule has 0 aliphatic rings. The number of ketones is 1. The van der Waals surface area contributed by atoms with Crippen LogP contribution in [0.3, 0.4) is 0 Å². The summed E-state index contributed by atoms with van der Waals surface area (Å²) in [6.45, 7) is 5.45. The van der Waals surface area contributed by atoms with Crippen LogP contribution in [0.1, 0.15) is 43.1 Å². The van der Waals surface area contributed by atoms with E-state index in [0.29, 0.717) is 12.0 Å². The van der Waals surface area contributed by atoms with Crippen LogP contribution in [0.25, 0.3) is 0 Å². The Hall–Kier alpha value is -2.42. The molecule has 0 saturated carbocycles. The normalized spacial score (nSPS) is 13.2. The van der Waals surface area contributed by atoms with Crippen molar-refractivity contribution in [3.05, 3.63) is 65.7 Å². The predicted molar refractivity (Wildman–Crippen MR) is 89.2 cm³/mol. The summed E-state index contributed by atoms with van der Waals surface area (Å²) in [4.78, 5) is 24.1. The highest BCUT2D eigenvalue weighted by molar-refractivity contribution is 5.99. The van der Waals surface area contributed by atoms with Crippen LogP contribution in [0, 0.1) is 0 Å². The minimum absolute atomic E-state index is 0.0264. The van der Waals surface area contributed by atoms with Gasteiger partial charge in [-0.1, -0.05) is 49.4 Å². The van der Waals surface area contributed by atoms with E-state index in [4.69, 9.17) is 0 Å². The summed E-state index contributed by atoms with van der Waals surface area (Å²) in [5.41, 5.74) is 1.72. The summed E-state index contributed by atoms with van der Waals surface area (Å²) in [6.07, 6.45) is 0.672. The smallest absolute Gasteiger partial charge is 0.234 e. The fourth-order valence-electron chi connectivity index (χ4n) is 2.36. The Kier molecular flexibility index (Phi) is 4.76. The largest absolute Gasteiger partial charge is 0.325 e. The zero-order valence-corrected chi connectivity index (χ0v) is 13.2. The Labute approximate surface area is 131 Å². The lowest BCUT2D eigenvalue weighted by molar-refractivity contribution is -0.121. The van der Waals surface area contributed by atoms with Gasteiger partial charge in [0, 0.05) is 11.3 Å². The molecule has 3 heteroatoms. The molecule has 1 unspecified atom stereocenters. The summed E-state index contributed by atoms with van der Waals surface area (Å²) in [5, 5.41) is 2.96. The second-order valence-electron chi connectivity index (χ2n) is 5.64. The number of benzene rings is 2. The summed E-state index contributed by atoms with van der Waals surface area (Å²) in [6, 6.07) is 16.7. The van der Waals surface area contributed by atoms with Crippen molar-refractivity contribution in [2.45, 2.75) is 32.6 Å². The first kappa shape index (κ1) is 16.0. The van der Waals surface area contributed by atoms with Crippen molar-refractivity contribution in [1.29, 1.82) is 0 Å². The third kappa shape index (κ3) is 3.25. The highest BCUT2D eigenvalue weighted by atomic mass is 16.2. The van der Waals surface area contributed by atoms with Gasteiger partial charge in [-0.15, -0.1) is 0 Å². The van der Waals surface area contributed by atoms with Crippen molar-refractivity contribution in [2.24, 2.45) is 0 Å². The van der Waals surface area contributed by atoms with E-state index in [2.05, 4.69) is 5.32 Å².